The Bertz CT molecular complexity index is 1220. The van der Waals surface area contributed by atoms with E-state index >= 15 is 0 Å². The molecule has 0 aromatic rings. The zero-order valence-electron chi connectivity index (χ0n) is 32.8. The topological polar surface area (TPSA) is 231 Å². The Morgan fingerprint density at radius 2 is 1.12 bits per heavy atom. The maximum Gasteiger partial charge on any atom is 0.306 e. The van der Waals surface area contributed by atoms with Crippen LogP contribution in [0.2, 0.25) is 0 Å². The second-order valence-electron chi connectivity index (χ2n) is 13.9. The van der Waals surface area contributed by atoms with Gasteiger partial charge in [0, 0.05) is 12.8 Å². The van der Waals surface area contributed by atoms with Crippen molar-refractivity contribution in [2.45, 2.75) is 158 Å². The first kappa shape index (κ1) is 49.3. The van der Waals surface area contributed by atoms with E-state index in [0.717, 1.165) is 38.5 Å². The molecule has 0 bridgehead atoms. The molecule has 7 N–H and O–H groups in total. The first-order valence-corrected chi connectivity index (χ1v) is 19.9. The van der Waals surface area contributed by atoms with Gasteiger partial charge >= 0.3 is 11.9 Å². The average molecular weight is 799 g/mol. The minimum Gasteiger partial charge on any atom is -0.462 e. The lowest BCUT2D eigenvalue weighted by Crippen LogP contribution is -2.61. The molecule has 0 spiro atoms. The molecule has 2 rings (SSSR count). The SMILES string of the molecule is CC/C=C/C=C/C=C/C=C/C=C/CCCC(=O)OC(COC(=O)CCCCCCCCC)CO[C@@H]1O[C@H](CO[C@@H]2O[C@H](CO)[C@H](O)C(O)C2O)[C@H](O)C(O)C1O. The Balaban J connectivity index is 1.94. The van der Waals surface area contributed by atoms with Gasteiger partial charge in [-0.25, -0.2) is 0 Å². The van der Waals surface area contributed by atoms with Crippen LogP contribution in [-0.2, 0) is 38.0 Å². The molecule has 0 aromatic heterocycles. The summed E-state index contributed by atoms with van der Waals surface area (Å²) in [6.07, 6.45) is 11.8. The minimum atomic E-state index is -1.78. The standard InChI is InChI=1S/C41H66O15/c1-3-5-7-9-11-12-13-14-15-16-18-20-22-24-33(44)54-29(26-51-32(43)23-21-19-17-10-8-6-4-2)27-52-40-39(50)37(48)35(46)31(56-40)28-53-41-38(49)36(47)34(45)30(25-42)55-41/h5,7,9,11-16,18,29-31,34-42,45-50H,3-4,6,8,10,17,19-28H2,1-2H3/b7-5+,11-9+,13-12+,15-14+,18-16+/t29?,30-,31-,34+,35+,36?,37?,38?,39?,40-,41-/m1/s1. The summed E-state index contributed by atoms with van der Waals surface area (Å²) in [4.78, 5) is 25.3. The smallest absolute Gasteiger partial charge is 0.306 e. The first-order chi connectivity index (χ1) is 27.0. The van der Waals surface area contributed by atoms with Crippen molar-refractivity contribution >= 4 is 11.9 Å². The van der Waals surface area contributed by atoms with Crippen molar-refractivity contribution in [3.8, 4) is 0 Å². The van der Waals surface area contributed by atoms with Gasteiger partial charge in [0.15, 0.2) is 18.7 Å². The summed E-state index contributed by atoms with van der Waals surface area (Å²) in [6.45, 7) is 2.25. The molecule has 2 fully saturated rings. The number of ether oxygens (including phenoxy) is 6. The third-order valence-electron chi connectivity index (χ3n) is 9.14. The fraction of sp³-hybridized carbons (Fsp3) is 0.707. The quantitative estimate of drug-likeness (QED) is 0.0360. The molecule has 320 valence electrons. The Morgan fingerprint density at radius 3 is 1.75 bits per heavy atom. The van der Waals surface area contributed by atoms with Crippen LogP contribution < -0.4 is 0 Å². The van der Waals surface area contributed by atoms with Gasteiger partial charge in [0.2, 0.25) is 0 Å². The third kappa shape index (κ3) is 19.1. The number of carbonyl (C=O) groups is 2. The summed E-state index contributed by atoms with van der Waals surface area (Å²) in [5, 5.41) is 71.5. The van der Waals surface area contributed by atoms with Crippen LogP contribution in [0.5, 0.6) is 0 Å². The first-order valence-electron chi connectivity index (χ1n) is 19.9. The number of aliphatic hydroxyl groups is 7. The number of allylic oxidation sites excluding steroid dienone is 10. The summed E-state index contributed by atoms with van der Waals surface area (Å²) in [7, 11) is 0. The van der Waals surface area contributed by atoms with Gasteiger partial charge in [-0.2, -0.15) is 0 Å². The highest BCUT2D eigenvalue weighted by Crippen LogP contribution is 2.26. The number of esters is 2. The lowest BCUT2D eigenvalue weighted by Gasteiger charge is -2.42. The van der Waals surface area contributed by atoms with Gasteiger partial charge in [0.1, 0.15) is 55.4 Å². The number of unbranched alkanes of at least 4 members (excludes halogenated alkanes) is 7. The maximum atomic E-state index is 12.8. The Morgan fingerprint density at radius 1 is 0.589 bits per heavy atom. The number of carbonyl (C=O) groups excluding carboxylic acids is 2. The Labute approximate surface area is 330 Å². The summed E-state index contributed by atoms with van der Waals surface area (Å²) in [6, 6.07) is 0. The van der Waals surface area contributed by atoms with E-state index in [1.807, 2.05) is 54.7 Å². The van der Waals surface area contributed by atoms with Crippen molar-refractivity contribution in [2.24, 2.45) is 0 Å². The van der Waals surface area contributed by atoms with Crippen LogP contribution in [0.1, 0.15) is 90.9 Å². The van der Waals surface area contributed by atoms with Gasteiger partial charge in [-0.1, -0.05) is 113 Å². The highest BCUT2D eigenvalue weighted by molar-refractivity contribution is 5.70. The van der Waals surface area contributed by atoms with Gasteiger partial charge in [-0.05, 0) is 25.7 Å². The van der Waals surface area contributed by atoms with E-state index in [0.29, 0.717) is 19.3 Å². The molecule has 0 saturated carbocycles. The predicted octanol–water partition coefficient (Wildman–Crippen LogP) is 2.58. The molecular formula is C41H66O15. The lowest BCUT2D eigenvalue weighted by molar-refractivity contribution is -0.332. The zero-order valence-corrected chi connectivity index (χ0v) is 32.8. The number of aliphatic hydroxyl groups excluding tert-OH is 7. The van der Waals surface area contributed by atoms with Crippen LogP contribution in [0.4, 0.5) is 0 Å². The highest BCUT2D eigenvalue weighted by atomic mass is 16.7. The minimum absolute atomic E-state index is 0.0668. The second-order valence-corrected chi connectivity index (χ2v) is 13.9. The molecule has 15 nitrogen and oxygen atoms in total. The molecule has 0 radical (unpaired) electrons. The molecule has 56 heavy (non-hydrogen) atoms. The van der Waals surface area contributed by atoms with E-state index in [1.165, 1.54) is 6.42 Å². The molecule has 2 aliphatic rings. The summed E-state index contributed by atoms with van der Waals surface area (Å²) in [5.74, 6) is -1.03. The normalized spacial score (nSPS) is 29.3. The molecule has 11 atom stereocenters. The average Bonchev–Trinajstić information content (AvgIpc) is 3.19. The molecule has 2 aliphatic heterocycles. The molecule has 0 amide bonds. The van der Waals surface area contributed by atoms with E-state index in [2.05, 4.69) is 19.9 Å². The van der Waals surface area contributed by atoms with E-state index in [9.17, 15) is 45.3 Å². The van der Waals surface area contributed by atoms with Crippen LogP contribution in [-0.4, -0.2) is 142 Å². The van der Waals surface area contributed by atoms with Crippen LogP contribution in [0.25, 0.3) is 0 Å². The van der Waals surface area contributed by atoms with Crippen molar-refractivity contribution in [3.05, 3.63) is 60.8 Å². The number of hydrogen-bond acceptors (Lipinski definition) is 15. The summed E-state index contributed by atoms with van der Waals surface area (Å²) < 4.78 is 33.1. The van der Waals surface area contributed by atoms with Crippen molar-refractivity contribution < 1.29 is 73.8 Å². The Hall–Kier alpha value is -2.80. The second kappa shape index (κ2) is 29.4. The predicted molar refractivity (Wildman–Crippen MR) is 206 cm³/mol. The molecule has 0 aromatic carbocycles. The van der Waals surface area contributed by atoms with Crippen LogP contribution in [0.3, 0.4) is 0 Å². The van der Waals surface area contributed by atoms with Crippen molar-refractivity contribution in [1.82, 2.24) is 0 Å². The summed E-state index contributed by atoms with van der Waals surface area (Å²) >= 11 is 0. The molecule has 0 aliphatic carbocycles. The summed E-state index contributed by atoms with van der Waals surface area (Å²) in [5.41, 5.74) is 0. The van der Waals surface area contributed by atoms with Gasteiger partial charge in [-0.15, -0.1) is 0 Å². The maximum absolute atomic E-state index is 12.8. The molecule has 2 saturated heterocycles. The fourth-order valence-electron chi connectivity index (χ4n) is 5.77. The molecule has 15 heteroatoms. The van der Waals surface area contributed by atoms with Crippen molar-refractivity contribution in [1.29, 1.82) is 0 Å². The molecule has 2 heterocycles. The van der Waals surface area contributed by atoms with Crippen molar-refractivity contribution in [3.63, 3.8) is 0 Å². The van der Waals surface area contributed by atoms with Gasteiger partial charge in [0.05, 0.1) is 19.8 Å². The van der Waals surface area contributed by atoms with E-state index < -0.39 is 99.3 Å². The van der Waals surface area contributed by atoms with Gasteiger partial charge in [0.25, 0.3) is 0 Å². The van der Waals surface area contributed by atoms with Crippen LogP contribution in [0, 0.1) is 0 Å². The van der Waals surface area contributed by atoms with E-state index in [4.69, 9.17) is 28.4 Å². The number of hydrogen-bond donors (Lipinski definition) is 7. The van der Waals surface area contributed by atoms with Crippen LogP contribution in [0.15, 0.2) is 60.8 Å². The van der Waals surface area contributed by atoms with E-state index in [1.54, 1.807) is 0 Å². The third-order valence-corrected chi connectivity index (χ3v) is 9.14. The fourth-order valence-corrected chi connectivity index (χ4v) is 5.77. The van der Waals surface area contributed by atoms with Crippen molar-refractivity contribution in [2.75, 3.05) is 26.4 Å². The lowest BCUT2D eigenvalue weighted by atomic mass is 9.98. The highest BCUT2D eigenvalue weighted by Gasteiger charge is 2.47. The molecule has 5 unspecified atom stereocenters. The van der Waals surface area contributed by atoms with Gasteiger partial charge in [-0.3, -0.25) is 9.59 Å². The molecular weight excluding hydrogens is 732 g/mol. The Kier molecular flexibility index (Phi) is 25.9. The number of rotatable bonds is 27. The zero-order chi connectivity index (χ0) is 41.1. The van der Waals surface area contributed by atoms with E-state index in [-0.39, 0.29) is 19.4 Å². The van der Waals surface area contributed by atoms with Gasteiger partial charge < -0.3 is 64.2 Å². The monoisotopic (exact) mass is 798 g/mol. The van der Waals surface area contributed by atoms with Crippen LogP contribution >= 0.6 is 0 Å². The largest absolute Gasteiger partial charge is 0.462 e.